The summed E-state index contributed by atoms with van der Waals surface area (Å²) in [6.07, 6.45) is 0.925. The van der Waals surface area contributed by atoms with Gasteiger partial charge in [0.2, 0.25) is 0 Å². The number of hydrogen-bond acceptors (Lipinski definition) is 5. The predicted molar refractivity (Wildman–Crippen MR) is 105 cm³/mol. The fraction of sp³-hybridized carbons (Fsp3) is 0.143. The van der Waals surface area contributed by atoms with Crippen molar-refractivity contribution in [3.8, 4) is 27.6 Å². The van der Waals surface area contributed by atoms with E-state index in [1.165, 1.54) is 11.3 Å². The summed E-state index contributed by atoms with van der Waals surface area (Å²) < 4.78 is 11.1. The molecule has 0 atom stereocenters. The van der Waals surface area contributed by atoms with E-state index in [4.69, 9.17) is 9.15 Å². The van der Waals surface area contributed by atoms with Gasteiger partial charge in [-0.1, -0.05) is 37.3 Å². The van der Waals surface area contributed by atoms with Crippen LogP contribution in [0.5, 0.6) is 5.75 Å². The summed E-state index contributed by atoms with van der Waals surface area (Å²) >= 11 is 1.51. The molecule has 5 heteroatoms. The molecule has 0 saturated heterocycles. The number of ether oxygens (including phenoxy) is 1. The summed E-state index contributed by atoms with van der Waals surface area (Å²) in [5.41, 5.74) is 2.27. The molecule has 0 aliphatic heterocycles. The highest BCUT2D eigenvalue weighted by molar-refractivity contribution is 7.13. The average molecular weight is 363 g/mol. The summed E-state index contributed by atoms with van der Waals surface area (Å²) in [7, 11) is 0. The summed E-state index contributed by atoms with van der Waals surface area (Å²) in [6, 6.07) is 17.3. The van der Waals surface area contributed by atoms with Crippen molar-refractivity contribution in [3.05, 3.63) is 70.4 Å². The Hall–Kier alpha value is -2.92. The SMILES string of the molecule is CCCOc1ccc2cc(-c3csc(-c4ccccc4)n3)c(=O)oc2c1. The zero-order chi connectivity index (χ0) is 17.9. The fourth-order valence-corrected chi connectivity index (χ4v) is 3.52. The van der Waals surface area contributed by atoms with E-state index in [9.17, 15) is 4.79 Å². The molecule has 0 N–H and O–H groups in total. The monoisotopic (exact) mass is 363 g/mol. The molecule has 0 fully saturated rings. The third kappa shape index (κ3) is 3.26. The second-order valence-corrected chi connectivity index (χ2v) is 6.76. The number of rotatable bonds is 5. The Bertz CT molecular complexity index is 1100. The highest BCUT2D eigenvalue weighted by Crippen LogP contribution is 2.29. The lowest BCUT2D eigenvalue weighted by Crippen LogP contribution is -2.03. The number of thiazole rings is 1. The van der Waals surface area contributed by atoms with Gasteiger partial charge in [0.1, 0.15) is 16.3 Å². The second-order valence-electron chi connectivity index (χ2n) is 5.90. The lowest BCUT2D eigenvalue weighted by atomic mass is 10.1. The maximum absolute atomic E-state index is 12.5. The zero-order valence-corrected chi connectivity index (χ0v) is 15.1. The zero-order valence-electron chi connectivity index (χ0n) is 14.3. The minimum Gasteiger partial charge on any atom is -0.493 e. The van der Waals surface area contributed by atoms with E-state index < -0.39 is 5.63 Å². The highest BCUT2D eigenvalue weighted by Gasteiger charge is 2.13. The predicted octanol–water partition coefficient (Wildman–Crippen LogP) is 5.37. The van der Waals surface area contributed by atoms with Crippen molar-refractivity contribution in [2.75, 3.05) is 6.61 Å². The van der Waals surface area contributed by atoms with E-state index in [-0.39, 0.29) is 0 Å². The van der Waals surface area contributed by atoms with E-state index in [0.717, 1.165) is 22.4 Å². The van der Waals surface area contributed by atoms with Crippen LogP contribution in [0.1, 0.15) is 13.3 Å². The van der Waals surface area contributed by atoms with Gasteiger partial charge in [-0.25, -0.2) is 9.78 Å². The topological polar surface area (TPSA) is 52.3 Å². The Labute approximate surface area is 154 Å². The van der Waals surface area contributed by atoms with E-state index in [1.54, 1.807) is 6.07 Å². The van der Waals surface area contributed by atoms with Crippen molar-refractivity contribution in [1.29, 1.82) is 0 Å². The van der Waals surface area contributed by atoms with Crippen molar-refractivity contribution in [2.45, 2.75) is 13.3 Å². The van der Waals surface area contributed by atoms with E-state index >= 15 is 0 Å². The van der Waals surface area contributed by atoms with Gasteiger partial charge < -0.3 is 9.15 Å². The quantitative estimate of drug-likeness (QED) is 0.447. The maximum Gasteiger partial charge on any atom is 0.345 e. The number of benzene rings is 2. The summed E-state index contributed by atoms with van der Waals surface area (Å²) in [6.45, 7) is 2.68. The first-order valence-electron chi connectivity index (χ1n) is 8.46. The molecular weight excluding hydrogens is 346 g/mol. The Morgan fingerprint density at radius 1 is 1.12 bits per heavy atom. The molecule has 4 nitrogen and oxygen atoms in total. The number of nitrogens with zero attached hydrogens (tertiary/aromatic N) is 1. The van der Waals surface area contributed by atoms with Crippen LogP contribution in [-0.2, 0) is 0 Å². The molecule has 26 heavy (non-hydrogen) atoms. The van der Waals surface area contributed by atoms with Crippen LogP contribution in [0.2, 0.25) is 0 Å². The third-order valence-electron chi connectivity index (χ3n) is 3.98. The van der Waals surface area contributed by atoms with Crippen molar-refractivity contribution in [1.82, 2.24) is 4.98 Å². The van der Waals surface area contributed by atoms with Crippen LogP contribution in [0.3, 0.4) is 0 Å². The molecule has 4 rings (SSSR count). The minimum absolute atomic E-state index is 0.393. The first-order valence-corrected chi connectivity index (χ1v) is 9.34. The molecule has 2 aromatic heterocycles. The van der Waals surface area contributed by atoms with E-state index in [2.05, 4.69) is 4.98 Å². The van der Waals surface area contributed by atoms with Gasteiger partial charge in [0.05, 0.1) is 17.9 Å². The lowest BCUT2D eigenvalue weighted by Gasteiger charge is -2.05. The highest BCUT2D eigenvalue weighted by atomic mass is 32.1. The Morgan fingerprint density at radius 2 is 1.96 bits per heavy atom. The Kier molecular flexibility index (Phi) is 4.54. The molecule has 2 aromatic carbocycles. The van der Waals surface area contributed by atoms with E-state index in [1.807, 2.05) is 60.8 Å². The fourth-order valence-electron chi connectivity index (χ4n) is 2.69. The maximum atomic E-state index is 12.5. The smallest absolute Gasteiger partial charge is 0.345 e. The van der Waals surface area contributed by atoms with Gasteiger partial charge >= 0.3 is 5.63 Å². The average Bonchev–Trinajstić information content (AvgIpc) is 3.16. The number of aromatic nitrogens is 1. The normalized spacial score (nSPS) is 11.0. The second kappa shape index (κ2) is 7.14. The van der Waals surface area contributed by atoms with Crippen LogP contribution in [0.15, 0.2) is 69.2 Å². The Morgan fingerprint density at radius 3 is 2.77 bits per heavy atom. The molecule has 0 aliphatic rings. The van der Waals surface area contributed by atoms with Crippen molar-refractivity contribution >= 4 is 22.3 Å². The molecule has 0 amide bonds. The molecule has 2 heterocycles. The van der Waals surface area contributed by atoms with Gasteiger partial charge in [-0.15, -0.1) is 11.3 Å². The molecule has 0 saturated carbocycles. The summed E-state index contributed by atoms with van der Waals surface area (Å²) in [4.78, 5) is 17.1. The van der Waals surface area contributed by atoms with Gasteiger partial charge in [0, 0.05) is 22.4 Å². The largest absolute Gasteiger partial charge is 0.493 e. The Balaban J connectivity index is 1.72. The van der Waals surface area contributed by atoms with Crippen LogP contribution in [-0.4, -0.2) is 11.6 Å². The minimum atomic E-state index is -0.393. The van der Waals surface area contributed by atoms with Gasteiger partial charge in [-0.3, -0.25) is 0 Å². The lowest BCUT2D eigenvalue weighted by molar-refractivity contribution is 0.317. The standard InChI is InChI=1S/C21H17NO3S/c1-2-10-24-16-9-8-15-11-17(21(23)25-19(15)12-16)18-13-26-20(22-18)14-6-4-3-5-7-14/h3-9,11-13H,2,10H2,1H3. The van der Waals surface area contributed by atoms with Crippen LogP contribution in [0.25, 0.3) is 32.8 Å². The van der Waals surface area contributed by atoms with E-state index in [0.29, 0.717) is 29.2 Å². The van der Waals surface area contributed by atoms with Gasteiger partial charge in [0.15, 0.2) is 0 Å². The van der Waals surface area contributed by atoms with Crippen LogP contribution in [0, 0.1) is 0 Å². The van der Waals surface area contributed by atoms with Gasteiger partial charge in [-0.05, 0) is 24.6 Å². The van der Waals surface area contributed by atoms with Crippen molar-refractivity contribution in [2.24, 2.45) is 0 Å². The molecular formula is C21H17NO3S. The van der Waals surface area contributed by atoms with Crippen LogP contribution < -0.4 is 10.4 Å². The third-order valence-corrected chi connectivity index (χ3v) is 4.87. The molecule has 0 radical (unpaired) electrons. The summed E-state index contributed by atoms with van der Waals surface area (Å²) in [5.74, 6) is 0.704. The molecule has 4 aromatic rings. The van der Waals surface area contributed by atoms with Crippen molar-refractivity contribution < 1.29 is 9.15 Å². The molecule has 130 valence electrons. The van der Waals surface area contributed by atoms with Gasteiger partial charge in [-0.2, -0.15) is 0 Å². The summed E-state index contributed by atoms with van der Waals surface area (Å²) in [5, 5.41) is 3.61. The molecule has 0 spiro atoms. The molecule has 0 bridgehead atoms. The van der Waals surface area contributed by atoms with Crippen LogP contribution >= 0.6 is 11.3 Å². The van der Waals surface area contributed by atoms with Crippen molar-refractivity contribution in [3.63, 3.8) is 0 Å². The molecule has 0 aliphatic carbocycles. The molecule has 0 unspecified atom stereocenters. The first-order chi connectivity index (χ1) is 12.7. The number of hydrogen-bond donors (Lipinski definition) is 0. The van der Waals surface area contributed by atoms with Gasteiger partial charge in [0.25, 0.3) is 0 Å². The first kappa shape index (κ1) is 16.5. The number of fused-ring (bicyclic) bond motifs is 1. The van der Waals surface area contributed by atoms with Crippen LogP contribution in [0.4, 0.5) is 0 Å².